The molecule has 3 aromatic rings. The predicted molar refractivity (Wildman–Crippen MR) is 72.8 cm³/mol. The molecule has 0 saturated heterocycles. The molecule has 0 radical (unpaired) electrons. The fraction of sp³-hybridized carbons (Fsp3) is 0.0833. The Labute approximate surface area is 107 Å². The number of nitrogens with zero attached hydrogens (tertiary/aromatic N) is 2. The van der Waals surface area contributed by atoms with Gasteiger partial charge in [0.1, 0.15) is 8.83 Å². The maximum atomic E-state index is 5.40. The summed E-state index contributed by atoms with van der Waals surface area (Å²) >= 11 is 6.92. The van der Waals surface area contributed by atoms with Crippen LogP contribution < -0.4 is 0 Å². The van der Waals surface area contributed by atoms with Crippen molar-refractivity contribution in [3.8, 4) is 10.6 Å². The molecular weight excluding hydrogens is 250 g/mol. The average molecular weight is 259 g/mol. The number of hydrogen-bond donors (Lipinski definition) is 1. The van der Waals surface area contributed by atoms with Gasteiger partial charge in [0.25, 0.3) is 0 Å². The summed E-state index contributed by atoms with van der Waals surface area (Å²) in [5.74, 6) is 0. The van der Waals surface area contributed by atoms with Crippen molar-refractivity contribution in [2.24, 2.45) is 0 Å². The summed E-state index contributed by atoms with van der Waals surface area (Å²) in [6, 6.07) is 10.0. The van der Waals surface area contributed by atoms with Gasteiger partial charge in [-0.25, -0.2) is 4.98 Å². The average Bonchev–Trinajstić information content (AvgIpc) is 2.73. The van der Waals surface area contributed by atoms with Crippen LogP contribution in [-0.2, 0) is 0 Å². The molecular formula is C12H9N3S2. The van der Waals surface area contributed by atoms with Gasteiger partial charge in [-0.1, -0.05) is 42.5 Å². The summed E-state index contributed by atoms with van der Waals surface area (Å²) in [4.78, 5) is 4.54. The molecule has 1 aromatic carbocycles. The van der Waals surface area contributed by atoms with E-state index in [1.54, 1.807) is 0 Å². The molecule has 0 aliphatic carbocycles. The van der Waals surface area contributed by atoms with E-state index < -0.39 is 0 Å². The first-order valence-corrected chi connectivity index (χ1v) is 6.39. The Hall–Kier alpha value is -1.59. The van der Waals surface area contributed by atoms with Crippen LogP contribution in [0.1, 0.15) is 5.69 Å². The van der Waals surface area contributed by atoms with E-state index in [-0.39, 0.29) is 0 Å². The van der Waals surface area contributed by atoms with Crippen molar-refractivity contribution in [1.29, 1.82) is 0 Å². The minimum absolute atomic E-state index is 0.699. The normalized spacial score (nSPS) is 10.9. The standard InChI is InChI=1S/C12H9N3S2/c1-7-9-10(15-14-7)13-11(17-12(9)16)8-5-3-2-4-6-8/h2-6H,1H3,(H,14,15). The topological polar surface area (TPSA) is 41.6 Å². The van der Waals surface area contributed by atoms with Gasteiger partial charge in [0.2, 0.25) is 0 Å². The molecule has 0 spiro atoms. The maximum absolute atomic E-state index is 5.40. The molecule has 0 aliphatic heterocycles. The van der Waals surface area contributed by atoms with Crippen molar-refractivity contribution in [3.63, 3.8) is 0 Å². The van der Waals surface area contributed by atoms with E-state index in [4.69, 9.17) is 12.2 Å². The number of fused-ring (bicyclic) bond motifs is 1. The van der Waals surface area contributed by atoms with Crippen LogP contribution in [-0.4, -0.2) is 15.2 Å². The second-order valence-electron chi connectivity index (χ2n) is 3.72. The second-order valence-corrected chi connectivity index (χ2v) is 5.39. The van der Waals surface area contributed by atoms with E-state index in [1.165, 1.54) is 11.3 Å². The number of rotatable bonds is 1. The van der Waals surface area contributed by atoms with E-state index in [0.717, 1.165) is 25.5 Å². The first-order valence-electron chi connectivity index (χ1n) is 5.17. The maximum Gasteiger partial charge on any atom is 0.184 e. The van der Waals surface area contributed by atoms with Gasteiger partial charge >= 0.3 is 0 Å². The molecule has 3 nitrogen and oxygen atoms in total. The van der Waals surface area contributed by atoms with Crippen molar-refractivity contribution < 1.29 is 0 Å². The molecule has 17 heavy (non-hydrogen) atoms. The van der Waals surface area contributed by atoms with Crippen LogP contribution in [0.2, 0.25) is 0 Å². The smallest absolute Gasteiger partial charge is 0.184 e. The highest BCUT2D eigenvalue weighted by Crippen LogP contribution is 2.27. The van der Waals surface area contributed by atoms with Gasteiger partial charge in [0.15, 0.2) is 5.65 Å². The second kappa shape index (κ2) is 4.01. The molecule has 5 heteroatoms. The summed E-state index contributed by atoms with van der Waals surface area (Å²) in [6.07, 6.45) is 0. The van der Waals surface area contributed by atoms with E-state index >= 15 is 0 Å². The molecule has 84 valence electrons. The van der Waals surface area contributed by atoms with Gasteiger partial charge in [-0.2, -0.15) is 5.10 Å². The lowest BCUT2D eigenvalue weighted by Gasteiger charge is -1.99. The highest BCUT2D eigenvalue weighted by Gasteiger charge is 2.08. The number of nitrogens with one attached hydrogen (secondary N) is 1. The zero-order valence-electron chi connectivity index (χ0n) is 9.10. The van der Waals surface area contributed by atoms with Gasteiger partial charge in [-0.3, -0.25) is 5.10 Å². The van der Waals surface area contributed by atoms with Crippen LogP contribution in [0.4, 0.5) is 0 Å². The van der Waals surface area contributed by atoms with Gasteiger partial charge in [-0.05, 0) is 6.92 Å². The van der Waals surface area contributed by atoms with E-state index in [1.807, 2.05) is 37.3 Å². The largest absolute Gasteiger partial charge is 0.280 e. The summed E-state index contributed by atoms with van der Waals surface area (Å²) in [6.45, 7) is 1.96. The highest BCUT2D eigenvalue weighted by atomic mass is 32.1. The number of aromatic amines is 1. The zero-order valence-corrected chi connectivity index (χ0v) is 10.7. The Bertz CT molecular complexity index is 728. The third-order valence-corrected chi connectivity index (χ3v) is 3.91. The van der Waals surface area contributed by atoms with Crippen molar-refractivity contribution in [3.05, 3.63) is 39.8 Å². The Morgan fingerprint density at radius 1 is 1.24 bits per heavy atom. The van der Waals surface area contributed by atoms with Gasteiger partial charge in [0, 0.05) is 11.3 Å². The molecule has 0 saturated carbocycles. The Morgan fingerprint density at radius 2 is 2.00 bits per heavy atom. The third-order valence-electron chi connectivity index (χ3n) is 2.55. The quantitative estimate of drug-likeness (QED) is 0.677. The van der Waals surface area contributed by atoms with Gasteiger partial charge in [0.05, 0.1) is 5.39 Å². The molecule has 0 unspecified atom stereocenters. The van der Waals surface area contributed by atoms with Crippen LogP contribution in [0, 0.1) is 10.7 Å². The van der Waals surface area contributed by atoms with Crippen molar-refractivity contribution in [1.82, 2.24) is 15.2 Å². The minimum Gasteiger partial charge on any atom is -0.280 e. The van der Waals surface area contributed by atoms with E-state index in [0.29, 0.717) is 5.65 Å². The van der Waals surface area contributed by atoms with Crippen LogP contribution in [0.5, 0.6) is 0 Å². The predicted octanol–water partition coefficient (Wildman–Crippen LogP) is 3.72. The molecule has 3 rings (SSSR count). The molecule has 2 aromatic heterocycles. The lowest BCUT2D eigenvalue weighted by atomic mass is 10.2. The summed E-state index contributed by atoms with van der Waals surface area (Å²) in [5.41, 5.74) is 2.75. The van der Waals surface area contributed by atoms with Crippen LogP contribution in [0.3, 0.4) is 0 Å². The Kier molecular flexibility index (Phi) is 2.49. The van der Waals surface area contributed by atoms with Crippen LogP contribution >= 0.6 is 23.6 Å². The van der Waals surface area contributed by atoms with Crippen molar-refractivity contribution >= 4 is 34.6 Å². The molecule has 0 aliphatic rings. The Balaban J connectivity index is 2.30. The SMILES string of the molecule is Cc1[nH]nc2nc(-c3ccccc3)sc(=S)c12. The van der Waals surface area contributed by atoms with Crippen molar-refractivity contribution in [2.45, 2.75) is 6.92 Å². The number of benzene rings is 1. The summed E-state index contributed by atoms with van der Waals surface area (Å²) < 4.78 is 0.833. The number of aromatic nitrogens is 3. The van der Waals surface area contributed by atoms with Gasteiger partial charge in [-0.15, -0.1) is 11.3 Å². The van der Waals surface area contributed by atoms with Crippen molar-refractivity contribution in [2.75, 3.05) is 0 Å². The monoisotopic (exact) mass is 259 g/mol. The molecule has 0 bridgehead atoms. The number of H-pyrrole nitrogens is 1. The highest BCUT2D eigenvalue weighted by molar-refractivity contribution is 7.74. The van der Waals surface area contributed by atoms with Crippen LogP contribution in [0.25, 0.3) is 21.6 Å². The zero-order chi connectivity index (χ0) is 11.8. The lowest BCUT2D eigenvalue weighted by Crippen LogP contribution is -1.82. The minimum atomic E-state index is 0.699. The summed E-state index contributed by atoms with van der Waals surface area (Å²) in [5, 5.41) is 8.97. The third kappa shape index (κ3) is 1.77. The molecule has 0 atom stereocenters. The first kappa shape index (κ1) is 10.6. The number of hydrogen-bond acceptors (Lipinski definition) is 4. The summed E-state index contributed by atoms with van der Waals surface area (Å²) in [7, 11) is 0. The first-order chi connectivity index (χ1) is 8.25. The molecule has 1 N–H and O–H groups in total. The van der Waals surface area contributed by atoms with Gasteiger partial charge < -0.3 is 0 Å². The molecule has 0 amide bonds. The molecule has 0 fully saturated rings. The van der Waals surface area contributed by atoms with E-state index in [9.17, 15) is 0 Å². The van der Waals surface area contributed by atoms with Crippen LogP contribution in [0.15, 0.2) is 30.3 Å². The fourth-order valence-electron chi connectivity index (χ4n) is 1.70. The number of aryl methyl sites for hydroxylation is 1. The lowest BCUT2D eigenvalue weighted by molar-refractivity contribution is 1.06. The Morgan fingerprint density at radius 3 is 2.76 bits per heavy atom. The van der Waals surface area contributed by atoms with E-state index in [2.05, 4.69) is 15.2 Å². The fourth-order valence-corrected chi connectivity index (χ4v) is 3.09. The molecule has 2 heterocycles.